The Kier molecular flexibility index (Phi) is 21.9. The van der Waals surface area contributed by atoms with Crippen molar-refractivity contribution in [2.75, 3.05) is 39.4 Å². The molecular formula is C30H35Cl2F2N2NaO10Si. The Morgan fingerprint density at radius 1 is 0.958 bits per heavy atom. The molecule has 0 saturated heterocycles. The molecule has 48 heavy (non-hydrogen) atoms. The van der Waals surface area contributed by atoms with Crippen molar-refractivity contribution in [3.8, 4) is 11.5 Å². The summed E-state index contributed by atoms with van der Waals surface area (Å²) in [4.78, 5) is 50.3. The van der Waals surface area contributed by atoms with E-state index in [9.17, 15) is 28.0 Å². The van der Waals surface area contributed by atoms with Crippen LogP contribution < -0.4 is 39.6 Å². The first-order valence-electron chi connectivity index (χ1n) is 13.4. The summed E-state index contributed by atoms with van der Waals surface area (Å²) in [6.07, 6.45) is -0.873. The number of aromatic nitrogens is 1. The number of aromatic carboxylic acids is 1. The van der Waals surface area contributed by atoms with Crippen LogP contribution in [0.4, 0.5) is 24.1 Å². The van der Waals surface area contributed by atoms with Gasteiger partial charge in [0.25, 0.3) is 0 Å². The first-order valence-corrected chi connectivity index (χ1v) is 17.6. The quantitative estimate of drug-likeness (QED) is 0.156. The van der Waals surface area contributed by atoms with Gasteiger partial charge in [-0.25, -0.2) is 28.0 Å². The molecule has 0 unspecified atom stereocenters. The van der Waals surface area contributed by atoms with Gasteiger partial charge in [-0.05, 0) is 25.1 Å². The summed E-state index contributed by atoms with van der Waals surface area (Å²) in [5.41, 5.74) is 1.61. The molecule has 3 aromatic rings. The summed E-state index contributed by atoms with van der Waals surface area (Å²) in [5, 5.41) is 25.3. The van der Waals surface area contributed by atoms with E-state index in [0.29, 0.717) is 10.3 Å². The van der Waals surface area contributed by atoms with Crippen molar-refractivity contribution in [2.24, 2.45) is 0 Å². The maximum atomic E-state index is 14.6. The molecule has 0 fully saturated rings. The number of methoxy groups -OCH3 is 3. The maximum absolute atomic E-state index is 14.6. The minimum atomic E-state index is -1.92. The van der Waals surface area contributed by atoms with Gasteiger partial charge in [-0.15, -0.1) is 12.2 Å². The number of hydrogen-bond acceptors (Lipinski definition) is 9. The molecule has 0 bridgehead atoms. The SMILES string of the molecule is CCO.CC[O-].COC(=O)c1c(F)c(Cl)cc(C#C[Si](C)(C)C)c1N(C(=O)OC)C(=O)OC.O=C(O)c1c(F)c(Cl)cc2cc[nH]c12.[Na+]. The number of halogens is 4. The molecule has 18 heteroatoms. The predicted molar refractivity (Wildman–Crippen MR) is 174 cm³/mol. The second-order valence-electron chi connectivity index (χ2n) is 9.61. The fourth-order valence-electron chi connectivity index (χ4n) is 3.27. The second kappa shape index (κ2) is 22.4. The number of nitrogens with zero attached hydrogens (tertiary/aromatic N) is 1. The van der Waals surface area contributed by atoms with Crippen LogP contribution in [0.3, 0.4) is 0 Å². The van der Waals surface area contributed by atoms with Crippen molar-refractivity contribution in [2.45, 2.75) is 33.5 Å². The predicted octanol–water partition coefficient (Wildman–Crippen LogP) is 2.86. The number of amides is 2. The molecule has 3 rings (SSSR count). The molecule has 258 valence electrons. The van der Waals surface area contributed by atoms with Crippen LogP contribution >= 0.6 is 23.2 Å². The fraction of sp³-hybridized carbons (Fsp3) is 0.333. The normalized spacial score (nSPS) is 9.71. The zero-order valence-corrected chi connectivity index (χ0v) is 32.4. The molecule has 0 radical (unpaired) electrons. The molecule has 12 nitrogen and oxygen atoms in total. The van der Waals surface area contributed by atoms with Crippen molar-refractivity contribution in [3.63, 3.8) is 0 Å². The van der Waals surface area contributed by atoms with Gasteiger partial charge in [0.05, 0.1) is 48.1 Å². The number of imide groups is 1. The minimum Gasteiger partial charge on any atom is -0.855 e. The zero-order valence-electron chi connectivity index (χ0n) is 27.8. The second-order valence-corrected chi connectivity index (χ2v) is 15.2. The van der Waals surface area contributed by atoms with Crippen LogP contribution in [-0.2, 0) is 14.2 Å². The van der Waals surface area contributed by atoms with E-state index in [1.54, 1.807) is 19.9 Å². The third kappa shape index (κ3) is 13.4. The van der Waals surface area contributed by atoms with Crippen LogP contribution in [0.1, 0.15) is 40.1 Å². The number of rotatable bonds is 3. The van der Waals surface area contributed by atoms with Gasteiger partial charge in [-0.2, -0.15) is 4.90 Å². The number of hydrogen-bond donors (Lipinski definition) is 3. The Morgan fingerprint density at radius 3 is 1.83 bits per heavy atom. The molecule has 0 aliphatic rings. The average Bonchev–Trinajstić information content (AvgIpc) is 3.46. The van der Waals surface area contributed by atoms with E-state index in [1.165, 1.54) is 12.3 Å². The fourth-order valence-corrected chi connectivity index (χ4v) is 4.20. The average molecular weight is 744 g/mol. The molecule has 2 aromatic carbocycles. The smallest absolute Gasteiger partial charge is 0.855 e. The number of ether oxygens (including phenoxy) is 3. The van der Waals surface area contributed by atoms with Crippen molar-refractivity contribution < 1.29 is 87.0 Å². The van der Waals surface area contributed by atoms with E-state index in [1.807, 2.05) is 19.6 Å². The number of aliphatic hydroxyl groups excluding tert-OH is 1. The van der Waals surface area contributed by atoms with Gasteiger partial charge < -0.3 is 34.5 Å². The van der Waals surface area contributed by atoms with Crippen LogP contribution in [-0.4, -0.2) is 81.9 Å². The van der Waals surface area contributed by atoms with Crippen LogP contribution in [0.25, 0.3) is 10.9 Å². The van der Waals surface area contributed by atoms with Crippen molar-refractivity contribution in [1.29, 1.82) is 0 Å². The van der Waals surface area contributed by atoms with E-state index < -0.39 is 65.7 Å². The molecule has 1 aromatic heterocycles. The summed E-state index contributed by atoms with van der Waals surface area (Å²) in [6.45, 7) is 9.35. The number of H-pyrrole nitrogens is 1. The Balaban J connectivity index is 0. The topological polar surface area (TPSA) is 179 Å². The van der Waals surface area contributed by atoms with Crippen LogP contribution in [0, 0.1) is 23.1 Å². The Hall–Kier alpha value is -3.20. The van der Waals surface area contributed by atoms with Gasteiger partial charge in [0.1, 0.15) is 19.2 Å². The summed E-state index contributed by atoms with van der Waals surface area (Å²) in [7, 11) is 1.12. The first kappa shape index (κ1) is 46.9. The molecule has 0 saturated carbocycles. The van der Waals surface area contributed by atoms with E-state index in [0.717, 1.165) is 27.4 Å². The van der Waals surface area contributed by atoms with Crippen molar-refractivity contribution in [3.05, 3.63) is 62.8 Å². The third-order valence-electron chi connectivity index (χ3n) is 5.05. The van der Waals surface area contributed by atoms with Crippen LogP contribution in [0.2, 0.25) is 29.7 Å². The number of carbonyl (C=O) groups excluding carboxylic acids is 3. The molecule has 1 heterocycles. The number of aromatic amines is 1. The van der Waals surface area contributed by atoms with Gasteiger partial charge in [-0.3, -0.25) is 0 Å². The van der Waals surface area contributed by atoms with Crippen LogP contribution in [0.5, 0.6) is 0 Å². The summed E-state index contributed by atoms with van der Waals surface area (Å²) >= 11 is 11.4. The van der Waals surface area contributed by atoms with Gasteiger partial charge in [0, 0.05) is 18.2 Å². The van der Waals surface area contributed by atoms with Gasteiger partial charge in [0.2, 0.25) is 0 Å². The Morgan fingerprint density at radius 2 is 1.42 bits per heavy atom. The molecule has 2 amide bonds. The molecule has 0 atom stereocenters. The summed E-state index contributed by atoms with van der Waals surface area (Å²) in [5.74, 6) is -1.79. The maximum Gasteiger partial charge on any atom is 1.00 e. The number of benzene rings is 2. The third-order valence-corrected chi connectivity index (χ3v) is 6.47. The number of carboxylic acids is 1. The molecule has 3 N–H and O–H groups in total. The van der Waals surface area contributed by atoms with Gasteiger partial charge in [0.15, 0.2) is 11.6 Å². The van der Waals surface area contributed by atoms with E-state index in [-0.39, 0.29) is 58.9 Å². The number of aliphatic hydroxyl groups is 1. The Bertz CT molecular complexity index is 1620. The summed E-state index contributed by atoms with van der Waals surface area (Å²) < 4.78 is 41.7. The number of esters is 1. The number of fused-ring (bicyclic) bond motifs is 1. The first-order chi connectivity index (χ1) is 21.9. The van der Waals surface area contributed by atoms with E-state index >= 15 is 0 Å². The minimum absolute atomic E-state index is 0. The molecule has 0 aliphatic heterocycles. The van der Waals surface area contributed by atoms with Crippen molar-refractivity contribution in [1.82, 2.24) is 4.98 Å². The molecule has 0 spiro atoms. The summed E-state index contributed by atoms with van der Waals surface area (Å²) in [6, 6.07) is 4.13. The van der Waals surface area contributed by atoms with Gasteiger partial charge >= 0.3 is 53.7 Å². The Labute approximate surface area is 309 Å². The monoisotopic (exact) mass is 742 g/mol. The molecule has 0 aliphatic carbocycles. The number of anilines is 1. The van der Waals surface area contributed by atoms with E-state index in [2.05, 4.69) is 30.7 Å². The van der Waals surface area contributed by atoms with E-state index in [4.69, 9.17) is 38.5 Å². The largest absolute Gasteiger partial charge is 1.00 e. The van der Waals surface area contributed by atoms with Gasteiger partial charge in [-0.1, -0.05) is 55.7 Å². The number of carbonyl (C=O) groups is 4. The standard InChI is InChI=1S/C17H19ClFNO6Si.C9H5ClFNO2.C2H6O.C2H5O.Na/c1-24-15(21)12-13(19)11(18)9-10(7-8-27(4,5)6)14(12)20(16(22)25-2)17(23)26-3;10-5-3-4-1-2-12-8(4)6(7(5)11)9(13)14;2*1-2-3;/h9H,1-6H3;1-3,12H,(H,13,14);3H,2H2,1H3;2H2,1H3;/q;;;-1;+1. The van der Waals surface area contributed by atoms with Crippen molar-refractivity contribution >= 4 is 72.0 Å². The zero-order chi connectivity index (χ0) is 36.6. The van der Waals surface area contributed by atoms with Crippen LogP contribution in [0.15, 0.2) is 24.4 Å². The molecular weight excluding hydrogens is 708 g/mol. The number of carboxylic acid groups (broad SMARTS) is 1. The number of nitrogens with one attached hydrogen (secondary N) is 1.